The molecule has 0 bridgehead atoms. The van der Waals surface area contributed by atoms with Gasteiger partial charge in [-0.05, 0) is 37.0 Å². The molecule has 1 saturated heterocycles. The number of fused-ring (bicyclic) bond motifs is 1. The Hall–Kier alpha value is -3.47. The van der Waals surface area contributed by atoms with Gasteiger partial charge in [-0.2, -0.15) is 18.3 Å². The second kappa shape index (κ2) is 8.71. The predicted molar refractivity (Wildman–Crippen MR) is 120 cm³/mol. The van der Waals surface area contributed by atoms with E-state index in [4.69, 9.17) is 0 Å². The molecule has 2 N–H and O–H groups in total. The molecule has 11 heteroatoms. The second-order valence-electron chi connectivity index (χ2n) is 8.60. The SMILES string of the molecule is Cn1cnnc1CCc1cccc(-c2n[nH]c3c(N4CCC(O)CC4)cc(C(F)(F)F)nc23)c1. The number of alkyl halides is 3. The Morgan fingerprint density at radius 2 is 1.94 bits per heavy atom. The van der Waals surface area contributed by atoms with Crippen molar-refractivity contribution in [2.75, 3.05) is 18.0 Å². The number of nitrogens with zero attached hydrogens (tertiary/aromatic N) is 6. The number of halogens is 3. The van der Waals surface area contributed by atoms with Crippen LogP contribution in [-0.2, 0) is 26.1 Å². The molecule has 1 fully saturated rings. The van der Waals surface area contributed by atoms with Crippen LogP contribution in [0.1, 0.15) is 29.9 Å². The van der Waals surface area contributed by atoms with Crippen LogP contribution in [0.15, 0.2) is 36.7 Å². The molecule has 3 aromatic heterocycles. The minimum absolute atomic E-state index is 0.182. The van der Waals surface area contributed by atoms with Crippen LogP contribution in [-0.4, -0.2) is 54.2 Å². The zero-order chi connectivity index (χ0) is 23.9. The number of aliphatic hydroxyl groups excluding tert-OH is 1. The molecule has 1 aromatic carbocycles. The number of pyridine rings is 1. The average molecular weight is 471 g/mol. The maximum atomic E-state index is 13.7. The van der Waals surface area contributed by atoms with E-state index in [0.29, 0.717) is 61.2 Å². The lowest BCUT2D eigenvalue weighted by Gasteiger charge is -2.32. The van der Waals surface area contributed by atoms with E-state index < -0.39 is 18.0 Å². The summed E-state index contributed by atoms with van der Waals surface area (Å²) in [6, 6.07) is 8.64. The van der Waals surface area contributed by atoms with Gasteiger partial charge in [-0.15, -0.1) is 10.2 Å². The van der Waals surface area contributed by atoms with Crippen LogP contribution in [0.3, 0.4) is 0 Å². The maximum absolute atomic E-state index is 13.7. The van der Waals surface area contributed by atoms with Gasteiger partial charge in [0.2, 0.25) is 0 Å². The fourth-order valence-electron chi connectivity index (χ4n) is 4.34. The Kier molecular flexibility index (Phi) is 5.72. The van der Waals surface area contributed by atoms with Crippen molar-refractivity contribution in [2.24, 2.45) is 7.05 Å². The molecule has 1 aliphatic heterocycles. The third kappa shape index (κ3) is 4.35. The monoisotopic (exact) mass is 471 g/mol. The average Bonchev–Trinajstić information content (AvgIpc) is 3.43. The van der Waals surface area contributed by atoms with Crippen LogP contribution in [0.5, 0.6) is 0 Å². The van der Waals surface area contributed by atoms with E-state index in [0.717, 1.165) is 17.5 Å². The number of aryl methyl sites for hydroxylation is 3. The molecule has 0 aliphatic carbocycles. The molecular weight excluding hydrogens is 447 g/mol. The van der Waals surface area contributed by atoms with E-state index >= 15 is 0 Å². The predicted octanol–water partition coefficient (Wildman–Crippen LogP) is 3.52. The van der Waals surface area contributed by atoms with Crippen molar-refractivity contribution >= 4 is 16.7 Å². The number of nitrogens with one attached hydrogen (secondary N) is 1. The highest BCUT2D eigenvalue weighted by molar-refractivity contribution is 5.97. The Morgan fingerprint density at radius 1 is 1.15 bits per heavy atom. The normalized spacial score (nSPS) is 15.4. The lowest BCUT2D eigenvalue weighted by atomic mass is 10.0. The van der Waals surface area contributed by atoms with Gasteiger partial charge in [-0.1, -0.05) is 18.2 Å². The highest BCUT2D eigenvalue weighted by atomic mass is 19.4. The summed E-state index contributed by atoms with van der Waals surface area (Å²) in [5.74, 6) is 0.850. The lowest BCUT2D eigenvalue weighted by Crippen LogP contribution is -2.36. The first-order valence-electron chi connectivity index (χ1n) is 11.1. The van der Waals surface area contributed by atoms with Crippen LogP contribution < -0.4 is 4.90 Å². The summed E-state index contributed by atoms with van der Waals surface area (Å²) in [6.07, 6.45) is -0.998. The molecule has 0 unspecified atom stereocenters. The number of rotatable bonds is 5. The quantitative estimate of drug-likeness (QED) is 0.463. The van der Waals surface area contributed by atoms with E-state index in [1.165, 1.54) is 0 Å². The van der Waals surface area contributed by atoms with E-state index in [9.17, 15) is 18.3 Å². The molecule has 5 rings (SSSR count). The molecule has 1 aliphatic rings. The minimum atomic E-state index is -4.59. The first-order chi connectivity index (χ1) is 16.3. The van der Waals surface area contributed by atoms with Gasteiger partial charge < -0.3 is 14.6 Å². The molecule has 178 valence electrons. The number of aromatic amines is 1. The number of benzene rings is 1. The van der Waals surface area contributed by atoms with Crippen LogP contribution in [0, 0.1) is 0 Å². The number of aliphatic hydroxyl groups is 1. The van der Waals surface area contributed by atoms with Gasteiger partial charge in [-0.25, -0.2) is 4.98 Å². The number of anilines is 1. The minimum Gasteiger partial charge on any atom is -0.393 e. The number of hydrogen-bond acceptors (Lipinski definition) is 6. The van der Waals surface area contributed by atoms with Crippen molar-refractivity contribution in [1.29, 1.82) is 0 Å². The Bertz CT molecular complexity index is 1310. The van der Waals surface area contributed by atoms with Crippen molar-refractivity contribution < 1.29 is 18.3 Å². The van der Waals surface area contributed by atoms with Crippen molar-refractivity contribution in [1.82, 2.24) is 29.9 Å². The first-order valence-corrected chi connectivity index (χ1v) is 11.1. The number of H-pyrrole nitrogens is 1. The number of hydrogen-bond donors (Lipinski definition) is 2. The summed E-state index contributed by atoms with van der Waals surface area (Å²) < 4.78 is 43.1. The van der Waals surface area contributed by atoms with Gasteiger partial charge in [0.1, 0.15) is 34.6 Å². The van der Waals surface area contributed by atoms with Crippen LogP contribution in [0.25, 0.3) is 22.3 Å². The topological polar surface area (TPSA) is 95.8 Å². The summed E-state index contributed by atoms with van der Waals surface area (Å²) in [6.45, 7) is 0.924. The van der Waals surface area contributed by atoms with Crippen LogP contribution >= 0.6 is 0 Å². The van der Waals surface area contributed by atoms with Gasteiger partial charge in [0.15, 0.2) is 0 Å². The van der Waals surface area contributed by atoms with E-state index in [1.807, 2.05) is 40.8 Å². The van der Waals surface area contributed by atoms with Crippen molar-refractivity contribution in [3.8, 4) is 11.3 Å². The van der Waals surface area contributed by atoms with Gasteiger partial charge >= 0.3 is 6.18 Å². The summed E-state index contributed by atoms with van der Waals surface area (Å²) in [5.41, 5.74) is 2.16. The molecule has 0 spiro atoms. The van der Waals surface area contributed by atoms with Crippen molar-refractivity contribution in [2.45, 2.75) is 38.0 Å². The molecule has 0 amide bonds. The highest BCUT2D eigenvalue weighted by Gasteiger charge is 2.35. The first kappa shape index (κ1) is 22.3. The molecule has 0 saturated carbocycles. The third-order valence-corrected chi connectivity index (χ3v) is 6.24. The van der Waals surface area contributed by atoms with E-state index in [-0.39, 0.29) is 5.52 Å². The smallest absolute Gasteiger partial charge is 0.393 e. The molecule has 0 radical (unpaired) electrons. The molecule has 4 aromatic rings. The van der Waals surface area contributed by atoms with Gasteiger partial charge in [0, 0.05) is 32.1 Å². The number of aromatic nitrogens is 6. The lowest BCUT2D eigenvalue weighted by molar-refractivity contribution is -0.140. The molecule has 34 heavy (non-hydrogen) atoms. The summed E-state index contributed by atoms with van der Waals surface area (Å²) in [7, 11) is 1.88. The van der Waals surface area contributed by atoms with Crippen LogP contribution in [0.2, 0.25) is 0 Å². The van der Waals surface area contributed by atoms with E-state index in [2.05, 4.69) is 25.4 Å². The fourth-order valence-corrected chi connectivity index (χ4v) is 4.34. The standard InChI is InChI=1S/C23H24F3N7O/c1-32-13-27-29-19(32)6-5-14-3-2-4-15(11-14)20-22-21(31-30-20)17(12-18(28-22)23(24,25)26)33-9-7-16(34)8-10-33/h2-4,11-13,16,34H,5-10H2,1H3,(H,30,31). The summed E-state index contributed by atoms with van der Waals surface area (Å²) in [4.78, 5) is 5.82. The summed E-state index contributed by atoms with van der Waals surface area (Å²) in [5, 5.41) is 25.1. The van der Waals surface area contributed by atoms with Gasteiger partial charge in [0.05, 0.1) is 11.8 Å². The highest BCUT2D eigenvalue weighted by Crippen LogP contribution is 2.38. The molecule has 0 atom stereocenters. The Labute approximate surface area is 193 Å². The van der Waals surface area contributed by atoms with Crippen molar-refractivity contribution in [3.05, 3.63) is 53.7 Å². The second-order valence-corrected chi connectivity index (χ2v) is 8.60. The molecular formula is C23H24F3N7O. The summed E-state index contributed by atoms with van der Waals surface area (Å²) >= 11 is 0. The number of piperidine rings is 1. The zero-order valence-corrected chi connectivity index (χ0v) is 18.5. The largest absolute Gasteiger partial charge is 0.433 e. The maximum Gasteiger partial charge on any atom is 0.433 e. The van der Waals surface area contributed by atoms with Crippen molar-refractivity contribution in [3.63, 3.8) is 0 Å². The molecule has 4 heterocycles. The zero-order valence-electron chi connectivity index (χ0n) is 18.5. The van der Waals surface area contributed by atoms with Gasteiger partial charge in [-0.3, -0.25) is 5.10 Å². The molecule has 8 nitrogen and oxygen atoms in total. The van der Waals surface area contributed by atoms with E-state index in [1.54, 1.807) is 6.33 Å². The van der Waals surface area contributed by atoms with Crippen LogP contribution in [0.4, 0.5) is 18.9 Å². The Morgan fingerprint density at radius 3 is 2.65 bits per heavy atom. The third-order valence-electron chi connectivity index (χ3n) is 6.24. The Balaban J connectivity index is 1.53. The fraction of sp³-hybridized carbons (Fsp3) is 0.391. The van der Waals surface area contributed by atoms with Gasteiger partial charge in [0.25, 0.3) is 0 Å².